The Bertz CT molecular complexity index is 1150. The van der Waals surface area contributed by atoms with E-state index in [1.165, 1.54) is 6.92 Å². The van der Waals surface area contributed by atoms with Gasteiger partial charge in [0.1, 0.15) is 17.2 Å². The van der Waals surface area contributed by atoms with Crippen LogP contribution in [0.3, 0.4) is 0 Å². The molecule has 1 N–H and O–H groups in total. The van der Waals surface area contributed by atoms with Crippen LogP contribution in [0.4, 0.5) is 5.82 Å². The van der Waals surface area contributed by atoms with E-state index in [1.54, 1.807) is 13.3 Å². The average Bonchev–Trinajstić information content (AvgIpc) is 3.25. The molecule has 0 bridgehead atoms. The predicted molar refractivity (Wildman–Crippen MR) is 111 cm³/mol. The van der Waals surface area contributed by atoms with E-state index in [1.807, 2.05) is 29.9 Å². The monoisotopic (exact) mass is 408 g/mol. The second-order valence-corrected chi connectivity index (χ2v) is 7.90. The number of anilines is 1. The summed E-state index contributed by atoms with van der Waals surface area (Å²) in [5.41, 5.74) is 4.09. The Morgan fingerprint density at radius 3 is 2.97 bits per heavy atom. The van der Waals surface area contributed by atoms with Crippen LogP contribution in [0.2, 0.25) is 0 Å². The standard InChI is InChI=1S/C22H24N4O4/c1-13(27)24-20-7-14-15(10-26(2)18(14)9-23-20)17-8-19(28-3)16-11-30-22(21(16)25-17)5-4-6-29-12-22/h7-10H,4-6,11-12H2,1-3H3,(H,23,24,27). The number of carbonyl (C=O) groups excluding carboxylic acids is 1. The molecular formula is C22H24N4O4. The number of hydrogen-bond donors (Lipinski definition) is 1. The number of nitrogens with zero attached hydrogens (tertiary/aromatic N) is 3. The topological polar surface area (TPSA) is 87.5 Å². The van der Waals surface area contributed by atoms with Crippen molar-refractivity contribution >= 4 is 22.6 Å². The summed E-state index contributed by atoms with van der Waals surface area (Å²) in [6.45, 7) is 3.20. The van der Waals surface area contributed by atoms with Gasteiger partial charge >= 0.3 is 0 Å². The van der Waals surface area contributed by atoms with Crippen LogP contribution in [0.1, 0.15) is 31.0 Å². The fraction of sp³-hybridized carbons (Fsp3) is 0.409. The minimum atomic E-state index is -0.510. The first kappa shape index (κ1) is 19.0. The summed E-state index contributed by atoms with van der Waals surface area (Å²) >= 11 is 0. The number of methoxy groups -OCH3 is 1. The van der Waals surface area contributed by atoms with Crippen LogP contribution >= 0.6 is 0 Å². The van der Waals surface area contributed by atoms with Crippen molar-refractivity contribution in [1.29, 1.82) is 0 Å². The van der Waals surface area contributed by atoms with Gasteiger partial charge in [-0.1, -0.05) is 0 Å². The lowest BCUT2D eigenvalue weighted by Gasteiger charge is -2.32. The smallest absolute Gasteiger partial charge is 0.222 e. The summed E-state index contributed by atoms with van der Waals surface area (Å²) in [6, 6.07) is 3.83. The number of carbonyl (C=O) groups is 1. The molecule has 5 heterocycles. The molecule has 30 heavy (non-hydrogen) atoms. The van der Waals surface area contributed by atoms with Crippen molar-refractivity contribution in [2.45, 2.75) is 32.0 Å². The third kappa shape index (κ3) is 2.95. The van der Waals surface area contributed by atoms with E-state index in [0.29, 0.717) is 19.0 Å². The molecule has 0 aliphatic carbocycles. The van der Waals surface area contributed by atoms with Gasteiger partial charge in [0, 0.05) is 49.4 Å². The maximum absolute atomic E-state index is 11.5. The van der Waals surface area contributed by atoms with E-state index in [9.17, 15) is 4.79 Å². The van der Waals surface area contributed by atoms with Gasteiger partial charge in [0.05, 0.1) is 43.4 Å². The zero-order chi connectivity index (χ0) is 20.9. The summed E-state index contributed by atoms with van der Waals surface area (Å²) < 4.78 is 19.7. The van der Waals surface area contributed by atoms with Crippen LogP contribution in [-0.2, 0) is 33.5 Å². The van der Waals surface area contributed by atoms with Crippen LogP contribution in [-0.4, -0.2) is 40.8 Å². The summed E-state index contributed by atoms with van der Waals surface area (Å²) in [5, 5.41) is 3.71. The molecule has 2 aliphatic heterocycles. The van der Waals surface area contributed by atoms with Gasteiger partial charge in [-0.3, -0.25) is 4.79 Å². The molecule has 0 saturated carbocycles. The second kappa shape index (κ2) is 7.07. The Kier molecular flexibility index (Phi) is 4.48. The van der Waals surface area contributed by atoms with Crippen molar-refractivity contribution in [1.82, 2.24) is 14.5 Å². The maximum Gasteiger partial charge on any atom is 0.222 e. The highest BCUT2D eigenvalue weighted by molar-refractivity contribution is 5.98. The Morgan fingerprint density at radius 1 is 1.37 bits per heavy atom. The normalized spacial score (nSPS) is 20.5. The number of pyridine rings is 2. The van der Waals surface area contributed by atoms with Gasteiger partial charge < -0.3 is 24.1 Å². The first-order valence-electron chi connectivity index (χ1n) is 10.0. The van der Waals surface area contributed by atoms with Crippen molar-refractivity contribution in [2.24, 2.45) is 7.05 Å². The van der Waals surface area contributed by atoms with E-state index in [4.69, 9.17) is 19.2 Å². The maximum atomic E-state index is 11.5. The van der Waals surface area contributed by atoms with Crippen LogP contribution in [0.15, 0.2) is 24.5 Å². The summed E-state index contributed by atoms with van der Waals surface area (Å²) in [6.07, 6.45) is 5.60. The van der Waals surface area contributed by atoms with Crippen molar-refractivity contribution in [3.8, 4) is 17.0 Å². The van der Waals surface area contributed by atoms with E-state index >= 15 is 0 Å². The Balaban J connectivity index is 1.68. The Morgan fingerprint density at radius 2 is 2.23 bits per heavy atom. The van der Waals surface area contributed by atoms with E-state index in [0.717, 1.165) is 58.6 Å². The van der Waals surface area contributed by atoms with Crippen molar-refractivity contribution < 1.29 is 19.0 Å². The predicted octanol–water partition coefficient (Wildman–Crippen LogP) is 3.14. The molecule has 1 fully saturated rings. The lowest BCUT2D eigenvalue weighted by molar-refractivity contribution is -0.127. The number of ether oxygens (including phenoxy) is 3. The van der Waals surface area contributed by atoms with Crippen molar-refractivity contribution in [2.75, 3.05) is 25.6 Å². The van der Waals surface area contributed by atoms with Crippen LogP contribution in [0.25, 0.3) is 22.2 Å². The first-order valence-corrected chi connectivity index (χ1v) is 10.0. The summed E-state index contributed by atoms with van der Waals surface area (Å²) in [5.74, 6) is 1.12. The fourth-order valence-electron chi connectivity index (χ4n) is 4.46. The average molecular weight is 408 g/mol. The fourth-order valence-corrected chi connectivity index (χ4v) is 4.46. The molecule has 1 spiro atoms. The number of hydrogen-bond acceptors (Lipinski definition) is 6. The molecule has 1 amide bonds. The molecule has 156 valence electrons. The third-order valence-electron chi connectivity index (χ3n) is 5.89. The van der Waals surface area contributed by atoms with Crippen LogP contribution in [0.5, 0.6) is 5.75 Å². The molecule has 8 nitrogen and oxygen atoms in total. The Hall–Kier alpha value is -2.97. The molecular weight excluding hydrogens is 384 g/mol. The van der Waals surface area contributed by atoms with Gasteiger partial charge in [0.15, 0.2) is 0 Å². The largest absolute Gasteiger partial charge is 0.496 e. The van der Waals surface area contributed by atoms with E-state index in [-0.39, 0.29) is 5.91 Å². The highest BCUT2D eigenvalue weighted by Gasteiger charge is 2.45. The highest BCUT2D eigenvalue weighted by Crippen LogP contribution is 2.46. The first-order chi connectivity index (χ1) is 14.5. The summed E-state index contributed by atoms with van der Waals surface area (Å²) in [4.78, 5) is 20.9. The third-order valence-corrected chi connectivity index (χ3v) is 5.89. The van der Waals surface area contributed by atoms with Crippen molar-refractivity contribution in [3.63, 3.8) is 0 Å². The molecule has 3 aromatic heterocycles. The zero-order valence-electron chi connectivity index (χ0n) is 17.3. The minimum absolute atomic E-state index is 0.159. The van der Waals surface area contributed by atoms with Crippen LogP contribution < -0.4 is 10.1 Å². The molecule has 1 saturated heterocycles. The van der Waals surface area contributed by atoms with Crippen LogP contribution in [0, 0.1) is 0 Å². The lowest BCUT2D eigenvalue weighted by atomic mass is 9.91. The Labute approximate surface area is 174 Å². The molecule has 3 aromatic rings. The quantitative estimate of drug-likeness (QED) is 0.716. The molecule has 8 heteroatoms. The number of nitrogens with one attached hydrogen (secondary N) is 1. The van der Waals surface area contributed by atoms with Gasteiger partial charge in [-0.2, -0.15) is 0 Å². The molecule has 0 radical (unpaired) electrons. The highest BCUT2D eigenvalue weighted by atomic mass is 16.6. The molecule has 1 unspecified atom stereocenters. The van der Waals surface area contributed by atoms with Gasteiger partial charge in [-0.25, -0.2) is 9.97 Å². The lowest BCUT2D eigenvalue weighted by Crippen LogP contribution is -2.36. The van der Waals surface area contributed by atoms with E-state index in [2.05, 4.69) is 10.3 Å². The van der Waals surface area contributed by atoms with E-state index < -0.39 is 5.60 Å². The molecule has 1 atom stereocenters. The number of rotatable bonds is 3. The number of aryl methyl sites for hydroxylation is 1. The zero-order valence-corrected chi connectivity index (χ0v) is 17.3. The molecule has 2 aliphatic rings. The SMILES string of the molecule is COc1cc(-c2cn(C)c3cnc(NC(C)=O)cc23)nc2c1COC21CCCOC1. The van der Waals surface area contributed by atoms with Gasteiger partial charge in [-0.15, -0.1) is 0 Å². The summed E-state index contributed by atoms with van der Waals surface area (Å²) in [7, 11) is 3.64. The van der Waals surface area contributed by atoms with Gasteiger partial charge in [0.2, 0.25) is 5.91 Å². The number of amides is 1. The minimum Gasteiger partial charge on any atom is -0.496 e. The van der Waals surface area contributed by atoms with Gasteiger partial charge in [-0.05, 0) is 18.9 Å². The molecule has 5 rings (SSSR count). The molecule has 0 aromatic carbocycles. The van der Waals surface area contributed by atoms with Crippen molar-refractivity contribution in [3.05, 3.63) is 35.8 Å². The second-order valence-electron chi connectivity index (χ2n) is 7.90. The number of aromatic nitrogens is 3. The number of fused-ring (bicyclic) bond motifs is 3. The van der Waals surface area contributed by atoms with Gasteiger partial charge in [0.25, 0.3) is 0 Å².